The number of alkyl halides is 3. The Balaban J connectivity index is 3.23. The highest BCUT2D eigenvalue weighted by Crippen LogP contribution is 2.23. The number of rotatable bonds is 2. The van der Waals surface area contributed by atoms with Gasteiger partial charge in [0, 0.05) is 12.3 Å². The molecule has 0 bridgehead atoms. The number of hydrogen-bond acceptors (Lipinski definition) is 1. The summed E-state index contributed by atoms with van der Waals surface area (Å²) < 4.78 is 36.9. The van der Waals surface area contributed by atoms with E-state index in [1.165, 1.54) is 6.07 Å². The summed E-state index contributed by atoms with van der Waals surface area (Å²) in [5, 5.41) is 0. The third-order valence-corrected chi connectivity index (χ3v) is 2.39. The van der Waals surface area contributed by atoms with Crippen molar-refractivity contribution < 1.29 is 13.2 Å². The van der Waals surface area contributed by atoms with Gasteiger partial charge in [-0.3, -0.25) is 4.79 Å². The monoisotopic (exact) mass is 219 g/mol. The van der Waals surface area contributed by atoms with Gasteiger partial charge in [-0.05, 0) is 17.9 Å². The molecule has 1 aromatic rings. The molecular formula is C10H12F3NO. The van der Waals surface area contributed by atoms with Gasteiger partial charge in [-0.1, -0.05) is 19.9 Å². The second kappa shape index (κ2) is 4.08. The Bertz CT molecular complexity index is 394. The van der Waals surface area contributed by atoms with Crippen LogP contribution in [0.25, 0.3) is 0 Å². The van der Waals surface area contributed by atoms with E-state index in [2.05, 4.69) is 0 Å². The van der Waals surface area contributed by atoms with Gasteiger partial charge in [0.25, 0.3) is 5.56 Å². The SMILES string of the molecule is CCC(C)c1ccc(=O)n(C(F)(F)F)c1. The fourth-order valence-electron chi connectivity index (χ4n) is 1.23. The molecule has 0 radical (unpaired) electrons. The number of pyridine rings is 1. The third-order valence-electron chi connectivity index (χ3n) is 2.39. The molecule has 5 heteroatoms. The second-order valence-corrected chi connectivity index (χ2v) is 3.45. The Hall–Kier alpha value is -1.26. The Morgan fingerprint density at radius 1 is 1.40 bits per heavy atom. The minimum Gasteiger partial charge on any atom is -0.269 e. The summed E-state index contributed by atoms with van der Waals surface area (Å²) in [6.07, 6.45) is -3.03. The zero-order valence-electron chi connectivity index (χ0n) is 8.51. The standard InChI is InChI=1S/C10H12F3NO/c1-3-7(2)8-4-5-9(15)14(6-8)10(11,12)13/h4-7H,3H2,1-2H3. The summed E-state index contributed by atoms with van der Waals surface area (Å²) in [5.74, 6) is 0.0131. The van der Waals surface area contributed by atoms with Crippen LogP contribution in [-0.4, -0.2) is 4.57 Å². The van der Waals surface area contributed by atoms with E-state index in [0.717, 1.165) is 18.7 Å². The normalized spacial score (nSPS) is 13.9. The van der Waals surface area contributed by atoms with Crippen LogP contribution in [0.3, 0.4) is 0 Å². The predicted octanol–water partition coefficient (Wildman–Crippen LogP) is 2.84. The van der Waals surface area contributed by atoms with Crippen molar-refractivity contribution in [2.24, 2.45) is 0 Å². The minimum atomic E-state index is -4.64. The largest absolute Gasteiger partial charge is 0.491 e. The highest BCUT2D eigenvalue weighted by molar-refractivity contribution is 5.14. The molecule has 0 aliphatic rings. The zero-order chi connectivity index (χ0) is 11.6. The highest BCUT2D eigenvalue weighted by Gasteiger charge is 2.31. The Morgan fingerprint density at radius 2 is 2.00 bits per heavy atom. The lowest BCUT2D eigenvalue weighted by Gasteiger charge is -2.14. The summed E-state index contributed by atoms with van der Waals surface area (Å²) in [6, 6.07) is 2.40. The molecule has 0 aliphatic heterocycles. The maximum atomic E-state index is 12.4. The van der Waals surface area contributed by atoms with Crippen molar-refractivity contribution in [1.29, 1.82) is 0 Å². The predicted molar refractivity (Wildman–Crippen MR) is 50.7 cm³/mol. The van der Waals surface area contributed by atoms with E-state index in [0.29, 0.717) is 5.56 Å². The van der Waals surface area contributed by atoms with E-state index in [-0.39, 0.29) is 10.5 Å². The highest BCUT2D eigenvalue weighted by atomic mass is 19.4. The van der Waals surface area contributed by atoms with Gasteiger partial charge in [0.2, 0.25) is 0 Å². The molecule has 15 heavy (non-hydrogen) atoms. The molecule has 0 aromatic carbocycles. The van der Waals surface area contributed by atoms with Crippen LogP contribution in [0.4, 0.5) is 13.2 Å². The summed E-state index contributed by atoms with van der Waals surface area (Å²) in [6.45, 7) is 3.70. The maximum Gasteiger partial charge on any atom is 0.491 e. The van der Waals surface area contributed by atoms with Gasteiger partial charge in [-0.2, -0.15) is 0 Å². The van der Waals surface area contributed by atoms with Crippen molar-refractivity contribution in [1.82, 2.24) is 4.57 Å². The molecule has 1 rings (SSSR count). The van der Waals surface area contributed by atoms with Gasteiger partial charge in [0.05, 0.1) is 0 Å². The number of nitrogens with zero attached hydrogens (tertiary/aromatic N) is 1. The van der Waals surface area contributed by atoms with Crippen LogP contribution in [0.1, 0.15) is 31.7 Å². The lowest BCUT2D eigenvalue weighted by atomic mass is 10.0. The second-order valence-electron chi connectivity index (χ2n) is 3.45. The molecule has 1 unspecified atom stereocenters. The van der Waals surface area contributed by atoms with Crippen molar-refractivity contribution in [2.45, 2.75) is 32.5 Å². The quantitative estimate of drug-likeness (QED) is 0.749. The number of aromatic nitrogens is 1. The molecule has 2 nitrogen and oxygen atoms in total. The Kier molecular flexibility index (Phi) is 3.21. The molecule has 0 aliphatic carbocycles. The number of hydrogen-bond donors (Lipinski definition) is 0. The van der Waals surface area contributed by atoms with E-state index < -0.39 is 11.9 Å². The van der Waals surface area contributed by atoms with Crippen molar-refractivity contribution in [3.63, 3.8) is 0 Å². The molecule has 84 valence electrons. The van der Waals surface area contributed by atoms with Gasteiger partial charge in [0.1, 0.15) is 0 Å². The van der Waals surface area contributed by atoms with Crippen molar-refractivity contribution in [3.8, 4) is 0 Å². The average molecular weight is 219 g/mol. The van der Waals surface area contributed by atoms with Crippen molar-refractivity contribution in [2.75, 3.05) is 0 Å². The molecule has 1 aromatic heterocycles. The van der Waals surface area contributed by atoms with Gasteiger partial charge in [-0.25, -0.2) is 4.57 Å². The molecular weight excluding hydrogens is 207 g/mol. The topological polar surface area (TPSA) is 22.0 Å². The van der Waals surface area contributed by atoms with Crippen LogP contribution >= 0.6 is 0 Å². The zero-order valence-corrected chi connectivity index (χ0v) is 8.51. The van der Waals surface area contributed by atoms with Gasteiger partial charge < -0.3 is 0 Å². The van der Waals surface area contributed by atoms with Crippen LogP contribution in [0, 0.1) is 0 Å². The summed E-state index contributed by atoms with van der Waals surface area (Å²) in [4.78, 5) is 11.0. The third kappa shape index (κ3) is 2.61. The first kappa shape index (κ1) is 11.8. The van der Waals surface area contributed by atoms with E-state index >= 15 is 0 Å². The van der Waals surface area contributed by atoms with E-state index in [9.17, 15) is 18.0 Å². The average Bonchev–Trinajstić information content (AvgIpc) is 2.15. The fourth-order valence-corrected chi connectivity index (χ4v) is 1.23. The first-order chi connectivity index (χ1) is 6.86. The van der Waals surface area contributed by atoms with Crippen molar-refractivity contribution >= 4 is 0 Å². The fraction of sp³-hybridized carbons (Fsp3) is 0.500. The van der Waals surface area contributed by atoms with E-state index in [1.807, 2.05) is 13.8 Å². The summed E-state index contributed by atoms with van der Waals surface area (Å²) in [7, 11) is 0. The van der Waals surface area contributed by atoms with Crippen LogP contribution in [0.2, 0.25) is 0 Å². The summed E-state index contributed by atoms with van der Waals surface area (Å²) in [5.41, 5.74) is -0.524. The maximum absolute atomic E-state index is 12.4. The first-order valence-electron chi connectivity index (χ1n) is 4.66. The van der Waals surface area contributed by atoms with Crippen LogP contribution < -0.4 is 5.56 Å². The molecule has 0 saturated heterocycles. The van der Waals surface area contributed by atoms with Gasteiger partial charge in [0.15, 0.2) is 0 Å². The van der Waals surface area contributed by atoms with Crippen molar-refractivity contribution in [3.05, 3.63) is 34.2 Å². The molecule has 0 saturated carbocycles. The van der Waals surface area contributed by atoms with Crippen LogP contribution in [0.5, 0.6) is 0 Å². The lowest BCUT2D eigenvalue weighted by molar-refractivity contribution is -0.206. The van der Waals surface area contributed by atoms with Crippen LogP contribution in [0.15, 0.2) is 23.1 Å². The van der Waals surface area contributed by atoms with E-state index in [1.54, 1.807) is 0 Å². The first-order valence-corrected chi connectivity index (χ1v) is 4.66. The molecule has 0 fully saturated rings. The minimum absolute atomic E-state index is 0.0131. The van der Waals surface area contributed by atoms with E-state index in [4.69, 9.17) is 0 Å². The molecule has 0 N–H and O–H groups in total. The Morgan fingerprint density at radius 3 is 2.47 bits per heavy atom. The van der Waals surface area contributed by atoms with Crippen LogP contribution in [-0.2, 0) is 6.30 Å². The number of halogens is 3. The summed E-state index contributed by atoms with van der Waals surface area (Å²) >= 11 is 0. The lowest BCUT2D eigenvalue weighted by Crippen LogP contribution is -2.30. The molecule has 1 atom stereocenters. The molecule has 1 heterocycles. The van der Waals surface area contributed by atoms with Gasteiger partial charge in [-0.15, -0.1) is 13.2 Å². The molecule has 0 spiro atoms. The van der Waals surface area contributed by atoms with Gasteiger partial charge >= 0.3 is 6.30 Å². The Labute approximate surface area is 85.3 Å². The smallest absolute Gasteiger partial charge is 0.269 e. The molecule has 0 amide bonds.